The van der Waals surface area contributed by atoms with E-state index in [2.05, 4.69) is 38.5 Å². The fraction of sp³-hybridized carbons (Fsp3) is 0.0714. The molecule has 0 radical (unpaired) electrons. The molecule has 0 aliphatic heterocycles. The molecule has 0 N–H and O–H groups in total. The molecule has 2 rings (SSSR count). The summed E-state index contributed by atoms with van der Waals surface area (Å²) in [4.78, 5) is 12.3. The minimum Gasteiger partial charge on any atom is -0.288 e. The molecular weight excluding hydrogens is 410 g/mol. The SMILES string of the molecule is Cc1cccc(C(=O)c2cccc(Br)c2F)c1I. The second kappa shape index (κ2) is 5.48. The zero-order valence-electron chi connectivity index (χ0n) is 9.51. The monoisotopic (exact) mass is 418 g/mol. The Labute approximate surface area is 127 Å². The molecule has 2 aromatic carbocycles. The van der Waals surface area contributed by atoms with Crippen LogP contribution < -0.4 is 0 Å². The van der Waals surface area contributed by atoms with Crippen LogP contribution in [0.4, 0.5) is 4.39 Å². The van der Waals surface area contributed by atoms with Crippen LogP contribution in [0, 0.1) is 16.3 Å². The smallest absolute Gasteiger partial charge is 0.197 e. The van der Waals surface area contributed by atoms with Gasteiger partial charge in [0.2, 0.25) is 0 Å². The average Bonchev–Trinajstić information content (AvgIpc) is 2.35. The summed E-state index contributed by atoms with van der Waals surface area (Å²) in [7, 11) is 0. The molecule has 0 spiro atoms. The van der Waals surface area contributed by atoms with Crippen molar-refractivity contribution in [3.05, 3.63) is 66.9 Å². The van der Waals surface area contributed by atoms with Crippen molar-refractivity contribution in [2.45, 2.75) is 6.92 Å². The molecular formula is C14H9BrFIO. The zero-order valence-corrected chi connectivity index (χ0v) is 13.2. The van der Waals surface area contributed by atoms with E-state index in [0.29, 0.717) is 10.0 Å². The maximum absolute atomic E-state index is 13.9. The van der Waals surface area contributed by atoms with Crippen molar-refractivity contribution in [2.24, 2.45) is 0 Å². The Morgan fingerprint density at radius 1 is 1.17 bits per heavy atom. The second-order valence-corrected chi connectivity index (χ2v) is 5.80. The van der Waals surface area contributed by atoms with Crippen molar-refractivity contribution in [2.75, 3.05) is 0 Å². The average molecular weight is 419 g/mol. The third-order valence-corrected chi connectivity index (χ3v) is 4.68. The molecule has 2 aromatic rings. The highest BCUT2D eigenvalue weighted by Crippen LogP contribution is 2.24. The van der Waals surface area contributed by atoms with Crippen molar-refractivity contribution in [1.29, 1.82) is 0 Å². The van der Waals surface area contributed by atoms with Gasteiger partial charge in [-0.1, -0.05) is 18.2 Å². The lowest BCUT2D eigenvalue weighted by Crippen LogP contribution is -2.07. The summed E-state index contributed by atoms with van der Waals surface area (Å²) in [5.74, 6) is -0.804. The molecule has 0 aliphatic rings. The normalized spacial score (nSPS) is 10.4. The van der Waals surface area contributed by atoms with Gasteiger partial charge in [0.1, 0.15) is 5.82 Å². The minimum absolute atomic E-state index is 0.0906. The summed E-state index contributed by atoms with van der Waals surface area (Å²) in [5.41, 5.74) is 1.64. The number of ketones is 1. The van der Waals surface area contributed by atoms with E-state index in [1.54, 1.807) is 24.3 Å². The molecule has 0 saturated heterocycles. The van der Waals surface area contributed by atoms with Gasteiger partial charge in [0, 0.05) is 9.13 Å². The van der Waals surface area contributed by atoms with Gasteiger partial charge in [-0.2, -0.15) is 0 Å². The van der Waals surface area contributed by atoms with Gasteiger partial charge < -0.3 is 0 Å². The number of halogens is 3. The summed E-state index contributed by atoms with van der Waals surface area (Å²) >= 11 is 5.20. The van der Waals surface area contributed by atoms with Crippen LogP contribution >= 0.6 is 38.5 Å². The van der Waals surface area contributed by atoms with Gasteiger partial charge in [-0.3, -0.25) is 4.79 Å². The first-order valence-corrected chi connectivity index (χ1v) is 7.13. The molecule has 92 valence electrons. The summed E-state index contributed by atoms with van der Waals surface area (Å²) < 4.78 is 15.1. The molecule has 0 bridgehead atoms. The Kier molecular flexibility index (Phi) is 4.17. The van der Waals surface area contributed by atoms with E-state index in [-0.39, 0.29) is 11.3 Å². The van der Waals surface area contributed by atoms with E-state index in [0.717, 1.165) is 9.13 Å². The maximum Gasteiger partial charge on any atom is 0.197 e. The van der Waals surface area contributed by atoms with E-state index >= 15 is 0 Å². The van der Waals surface area contributed by atoms with Gasteiger partial charge in [0.05, 0.1) is 10.0 Å². The van der Waals surface area contributed by atoms with Gasteiger partial charge in [0.25, 0.3) is 0 Å². The molecule has 0 fully saturated rings. The third kappa shape index (κ3) is 2.49. The summed E-state index contributed by atoms with van der Waals surface area (Å²) in [6, 6.07) is 10.2. The topological polar surface area (TPSA) is 17.1 Å². The van der Waals surface area contributed by atoms with Crippen LogP contribution in [0.2, 0.25) is 0 Å². The van der Waals surface area contributed by atoms with Crippen molar-refractivity contribution in [1.82, 2.24) is 0 Å². The van der Waals surface area contributed by atoms with Gasteiger partial charge >= 0.3 is 0 Å². The Morgan fingerprint density at radius 2 is 1.78 bits per heavy atom. The molecule has 0 saturated carbocycles. The van der Waals surface area contributed by atoms with Crippen LogP contribution in [0.25, 0.3) is 0 Å². The second-order valence-electron chi connectivity index (χ2n) is 3.87. The molecule has 0 amide bonds. The molecule has 0 aliphatic carbocycles. The predicted octanol–water partition coefficient (Wildman–Crippen LogP) is 4.73. The van der Waals surface area contributed by atoms with Gasteiger partial charge in [-0.25, -0.2) is 4.39 Å². The number of hydrogen-bond acceptors (Lipinski definition) is 1. The van der Waals surface area contributed by atoms with E-state index in [9.17, 15) is 9.18 Å². The Morgan fingerprint density at radius 3 is 2.50 bits per heavy atom. The first-order chi connectivity index (χ1) is 8.52. The van der Waals surface area contributed by atoms with Crippen molar-refractivity contribution in [3.63, 3.8) is 0 Å². The first-order valence-electron chi connectivity index (χ1n) is 5.26. The van der Waals surface area contributed by atoms with Crippen molar-refractivity contribution < 1.29 is 9.18 Å². The van der Waals surface area contributed by atoms with Crippen LogP contribution in [0.15, 0.2) is 40.9 Å². The first kappa shape index (κ1) is 13.7. The third-order valence-electron chi connectivity index (χ3n) is 2.63. The summed E-state index contributed by atoms with van der Waals surface area (Å²) in [6.07, 6.45) is 0. The Balaban J connectivity index is 2.55. The number of benzene rings is 2. The largest absolute Gasteiger partial charge is 0.288 e. The van der Waals surface area contributed by atoms with Crippen molar-refractivity contribution in [3.8, 4) is 0 Å². The zero-order chi connectivity index (χ0) is 13.3. The quantitative estimate of drug-likeness (QED) is 0.508. The van der Waals surface area contributed by atoms with Gasteiger partial charge in [-0.05, 0) is 69.2 Å². The minimum atomic E-state index is -0.514. The van der Waals surface area contributed by atoms with Gasteiger partial charge in [-0.15, -0.1) is 0 Å². The maximum atomic E-state index is 13.9. The Hall–Kier alpha value is -0.750. The Bertz CT molecular complexity index is 572. The number of hydrogen-bond donors (Lipinski definition) is 0. The summed E-state index contributed by atoms with van der Waals surface area (Å²) in [6.45, 7) is 1.93. The van der Waals surface area contributed by atoms with E-state index in [1.165, 1.54) is 6.07 Å². The standard InChI is InChI=1S/C14H9BrFIO/c1-8-4-2-6-10(13(8)17)14(18)9-5-3-7-11(15)12(9)16/h2-7H,1H3. The fourth-order valence-electron chi connectivity index (χ4n) is 1.65. The van der Waals surface area contributed by atoms with Crippen molar-refractivity contribution >= 4 is 44.3 Å². The molecule has 0 aromatic heterocycles. The van der Waals surface area contributed by atoms with E-state index < -0.39 is 5.82 Å². The van der Waals surface area contributed by atoms with Crippen LogP contribution in [-0.2, 0) is 0 Å². The highest BCUT2D eigenvalue weighted by atomic mass is 127. The molecule has 4 heteroatoms. The van der Waals surface area contributed by atoms with E-state index in [4.69, 9.17) is 0 Å². The van der Waals surface area contributed by atoms with Gasteiger partial charge in [0.15, 0.2) is 5.78 Å². The fourth-order valence-corrected chi connectivity index (χ4v) is 2.62. The summed E-state index contributed by atoms with van der Waals surface area (Å²) in [5, 5.41) is 0. The van der Waals surface area contributed by atoms with Crippen LogP contribution in [0.5, 0.6) is 0 Å². The highest BCUT2D eigenvalue weighted by molar-refractivity contribution is 14.1. The van der Waals surface area contributed by atoms with Crippen LogP contribution in [0.1, 0.15) is 21.5 Å². The predicted molar refractivity (Wildman–Crippen MR) is 81.4 cm³/mol. The van der Waals surface area contributed by atoms with Crippen LogP contribution in [0.3, 0.4) is 0 Å². The number of carbonyl (C=O) groups excluding carboxylic acids is 1. The lowest BCUT2D eigenvalue weighted by Gasteiger charge is -2.07. The lowest BCUT2D eigenvalue weighted by atomic mass is 10.0. The molecule has 0 atom stereocenters. The number of carbonyl (C=O) groups is 1. The highest BCUT2D eigenvalue weighted by Gasteiger charge is 2.18. The number of aryl methyl sites for hydroxylation is 1. The molecule has 0 unspecified atom stereocenters. The number of rotatable bonds is 2. The molecule has 1 nitrogen and oxygen atoms in total. The van der Waals surface area contributed by atoms with Crippen LogP contribution in [-0.4, -0.2) is 5.78 Å². The van der Waals surface area contributed by atoms with E-state index in [1.807, 2.05) is 13.0 Å². The molecule has 0 heterocycles. The molecule has 18 heavy (non-hydrogen) atoms. The lowest BCUT2D eigenvalue weighted by molar-refractivity contribution is 0.103.